The average molecular weight is 384 g/mol. The summed E-state index contributed by atoms with van der Waals surface area (Å²) < 4.78 is 1.03. The highest BCUT2D eigenvalue weighted by Gasteiger charge is 2.25. The standard InChI is InChI=1S/C18H10BrNO2S/c19-10-4-6-11(7-5-10)23-15-9-8-14-16-12(15)2-1-3-13(16)17(21)20-18(14)22/h1-9H,(H,20,21,22). The number of hydrogen-bond donors (Lipinski definition) is 1. The van der Waals surface area contributed by atoms with E-state index in [-0.39, 0.29) is 11.8 Å². The Morgan fingerprint density at radius 2 is 1.52 bits per heavy atom. The van der Waals surface area contributed by atoms with Crippen LogP contribution in [0.2, 0.25) is 0 Å². The van der Waals surface area contributed by atoms with Gasteiger partial charge in [0.2, 0.25) is 0 Å². The first kappa shape index (κ1) is 14.5. The van der Waals surface area contributed by atoms with Crippen LogP contribution in [0.4, 0.5) is 0 Å². The van der Waals surface area contributed by atoms with Gasteiger partial charge < -0.3 is 0 Å². The summed E-state index contributed by atoms with van der Waals surface area (Å²) in [6, 6.07) is 17.3. The Labute approximate surface area is 145 Å². The van der Waals surface area contributed by atoms with Gasteiger partial charge in [0.05, 0.1) is 0 Å². The highest BCUT2D eigenvalue weighted by atomic mass is 79.9. The third-order valence-corrected chi connectivity index (χ3v) is 5.37. The van der Waals surface area contributed by atoms with Crippen molar-refractivity contribution in [2.75, 3.05) is 0 Å². The molecule has 0 spiro atoms. The largest absolute Gasteiger partial charge is 0.288 e. The van der Waals surface area contributed by atoms with Gasteiger partial charge in [-0.2, -0.15) is 0 Å². The second-order valence-electron chi connectivity index (χ2n) is 5.18. The van der Waals surface area contributed by atoms with Crippen LogP contribution < -0.4 is 5.32 Å². The van der Waals surface area contributed by atoms with E-state index in [1.807, 2.05) is 42.5 Å². The lowest BCUT2D eigenvalue weighted by Crippen LogP contribution is -2.34. The lowest BCUT2D eigenvalue weighted by molar-refractivity contribution is 0.0845. The molecule has 0 saturated heterocycles. The molecule has 3 aromatic carbocycles. The summed E-state index contributed by atoms with van der Waals surface area (Å²) >= 11 is 5.05. The highest BCUT2D eigenvalue weighted by molar-refractivity contribution is 9.10. The molecular formula is C18H10BrNO2S. The second kappa shape index (κ2) is 5.51. The molecule has 112 valence electrons. The van der Waals surface area contributed by atoms with Crippen molar-refractivity contribution in [2.45, 2.75) is 9.79 Å². The fourth-order valence-electron chi connectivity index (χ4n) is 2.71. The van der Waals surface area contributed by atoms with E-state index in [9.17, 15) is 9.59 Å². The van der Waals surface area contributed by atoms with Gasteiger partial charge in [-0.1, -0.05) is 39.8 Å². The topological polar surface area (TPSA) is 46.2 Å². The van der Waals surface area contributed by atoms with Crippen LogP contribution in [0.25, 0.3) is 10.8 Å². The van der Waals surface area contributed by atoms with E-state index in [0.29, 0.717) is 11.1 Å². The van der Waals surface area contributed by atoms with Crippen molar-refractivity contribution in [3.63, 3.8) is 0 Å². The van der Waals surface area contributed by atoms with Crippen molar-refractivity contribution >= 4 is 50.3 Å². The van der Waals surface area contributed by atoms with Crippen LogP contribution in [0.3, 0.4) is 0 Å². The molecule has 0 unspecified atom stereocenters. The number of carbonyl (C=O) groups excluding carboxylic acids is 2. The van der Waals surface area contributed by atoms with E-state index >= 15 is 0 Å². The molecule has 0 radical (unpaired) electrons. The van der Waals surface area contributed by atoms with Crippen LogP contribution in [0.1, 0.15) is 20.7 Å². The highest BCUT2D eigenvalue weighted by Crippen LogP contribution is 2.37. The molecule has 0 bridgehead atoms. The summed E-state index contributed by atoms with van der Waals surface area (Å²) in [6.45, 7) is 0. The number of imide groups is 1. The first-order chi connectivity index (χ1) is 11.1. The third-order valence-electron chi connectivity index (χ3n) is 3.76. The molecule has 0 aliphatic carbocycles. The quantitative estimate of drug-likeness (QED) is 0.655. The van der Waals surface area contributed by atoms with Gasteiger partial charge in [0.25, 0.3) is 11.8 Å². The van der Waals surface area contributed by atoms with Crippen molar-refractivity contribution in [3.05, 3.63) is 70.2 Å². The Morgan fingerprint density at radius 3 is 2.26 bits per heavy atom. The fourth-order valence-corrected chi connectivity index (χ4v) is 3.92. The molecular weight excluding hydrogens is 374 g/mol. The molecule has 1 aliphatic heterocycles. The molecule has 5 heteroatoms. The van der Waals surface area contributed by atoms with Gasteiger partial charge in [-0.15, -0.1) is 0 Å². The summed E-state index contributed by atoms with van der Waals surface area (Å²) in [4.78, 5) is 26.2. The number of amides is 2. The van der Waals surface area contributed by atoms with E-state index < -0.39 is 0 Å². The first-order valence-corrected chi connectivity index (χ1v) is 8.59. The number of carbonyl (C=O) groups is 2. The van der Waals surface area contributed by atoms with E-state index in [0.717, 1.165) is 25.0 Å². The predicted molar refractivity (Wildman–Crippen MR) is 94.0 cm³/mol. The maximum absolute atomic E-state index is 12.0. The number of benzene rings is 3. The SMILES string of the molecule is O=C1NC(=O)c2ccc(Sc3ccc(Br)cc3)c3cccc1c23. The Bertz CT molecular complexity index is 946. The molecule has 4 rings (SSSR count). The van der Waals surface area contributed by atoms with Crippen LogP contribution in [0.15, 0.2) is 68.9 Å². The molecule has 0 atom stereocenters. The molecule has 3 aromatic rings. The number of nitrogens with one attached hydrogen (secondary N) is 1. The number of halogens is 1. The third kappa shape index (κ3) is 2.46. The van der Waals surface area contributed by atoms with Gasteiger partial charge in [-0.3, -0.25) is 14.9 Å². The zero-order chi connectivity index (χ0) is 16.0. The first-order valence-electron chi connectivity index (χ1n) is 6.98. The lowest BCUT2D eigenvalue weighted by Gasteiger charge is -2.18. The number of hydrogen-bond acceptors (Lipinski definition) is 3. The Morgan fingerprint density at radius 1 is 0.826 bits per heavy atom. The van der Waals surface area contributed by atoms with Gasteiger partial charge in [0.1, 0.15) is 0 Å². The van der Waals surface area contributed by atoms with Gasteiger partial charge >= 0.3 is 0 Å². The summed E-state index contributed by atoms with van der Waals surface area (Å²) in [5, 5.41) is 4.05. The Kier molecular flexibility index (Phi) is 3.47. The van der Waals surface area contributed by atoms with Crippen molar-refractivity contribution in [2.24, 2.45) is 0 Å². The summed E-state index contributed by atoms with van der Waals surface area (Å²) in [6.07, 6.45) is 0. The number of rotatable bonds is 2. The minimum Gasteiger partial charge on any atom is -0.288 e. The zero-order valence-electron chi connectivity index (χ0n) is 11.8. The lowest BCUT2D eigenvalue weighted by atomic mass is 9.95. The van der Waals surface area contributed by atoms with E-state index in [2.05, 4.69) is 21.2 Å². The summed E-state index contributed by atoms with van der Waals surface area (Å²) in [7, 11) is 0. The van der Waals surface area contributed by atoms with Gasteiger partial charge in [-0.05, 0) is 47.9 Å². The van der Waals surface area contributed by atoms with Gasteiger partial charge in [0, 0.05) is 30.8 Å². The Hall–Kier alpha value is -2.11. The van der Waals surface area contributed by atoms with E-state index in [1.165, 1.54) is 0 Å². The van der Waals surface area contributed by atoms with Crippen LogP contribution in [-0.2, 0) is 0 Å². The van der Waals surface area contributed by atoms with Gasteiger partial charge in [-0.25, -0.2) is 0 Å². The van der Waals surface area contributed by atoms with Crippen LogP contribution in [-0.4, -0.2) is 11.8 Å². The molecule has 3 nitrogen and oxygen atoms in total. The minimum atomic E-state index is -0.334. The summed E-state index contributed by atoms with van der Waals surface area (Å²) in [5.74, 6) is -0.669. The smallest absolute Gasteiger partial charge is 0.258 e. The molecule has 2 amide bonds. The zero-order valence-corrected chi connectivity index (χ0v) is 14.2. The predicted octanol–water partition coefficient (Wildman–Crippen LogP) is 4.64. The Balaban J connectivity index is 1.90. The van der Waals surface area contributed by atoms with Crippen LogP contribution in [0, 0.1) is 0 Å². The van der Waals surface area contributed by atoms with Crippen molar-refractivity contribution in [1.82, 2.24) is 5.32 Å². The molecule has 0 fully saturated rings. The normalized spacial score (nSPS) is 13.3. The molecule has 1 N–H and O–H groups in total. The molecule has 0 saturated carbocycles. The second-order valence-corrected chi connectivity index (χ2v) is 7.21. The van der Waals surface area contributed by atoms with E-state index in [4.69, 9.17) is 0 Å². The van der Waals surface area contributed by atoms with Crippen molar-refractivity contribution in [1.29, 1.82) is 0 Å². The molecule has 23 heavy (non-hydrogen) atoms. The van der Waals surface area contributed by atoms with Crippen molar-refractivity contribution < 1.29 is 9.59 Å². The van der Waals surface area contributed by atoms with Gasteiger partial charge in [0.15, 0.2) is 0 Å². The molecule has 0 aromatic heterocycles. The minimum absolute atomic E-state index is 0.334. The molecule has 1 heterocycles. The van der Waals surface area contributed by atoms with E-state index in [1.54, 1.807) is 23.9 Å². The average Bonchev–Trinajstić information content (AvgIpc) is 2.55. The maximum atomic E-state index is 12.0. The molecule has 1 aliphatic rings. The van der Waals surface area contributed by atoms with Crippen LogP contribution >= 0.6 is 27.7 Å². The van der Waals surface area contributed by atoms with Crippen LogP contribution in [0.5, 0.6) is 0 Å². The maximum Gasteiger partial charge on any atom is 0.258 e. The monoisotopic (exact) mass is 383 g/mol. The fraction of sp³-hybridized carbons (Fsp3) is 0. The summed E-state index contributed by atoms with van der Waals surface area (Å²) in [5.41, 5.74) is 1.10. The van der Waals surface area contributed by atoms with Crippen molar-refractivity contribution in [3.8, 4) is 0 Å².